The number of carbonyl (C=O) groups excluding carboxylic acids is 1. The van der Waals surface area contributed by atoms with E-state index in [0.29, 0.717) is 18.7 Å². The topological polar surface area (TPSA) is 41.1 Å². The molecule has 6 heteroatoms. The Morgan fingerprint density at radius 3 is 2.81 bits per heavy atom. The van der Waals surface area contributed by atoms with E-state index in [4.69, 9.17) is 0 Å². The Bertz CT molecular complexity index is 828. The first-order valence-electron chi connectivity index (χ1n) is 8.76. The van der Waals surface area contributed by atoms with Crippen LogP contribution in [0.15, 0.2) is 35.2 Å². The summed E-state index contributed by atoms with van der Waals surface area (Å²) < 4.78 is 14.6. The van der Waals surface area contributed by atoms with Crippen LogP contribution in [0.4, 0.5) is 10.1 Å². The Morgan fingerprint density at radius 2 is 1.92 bits per heavy atom. The third kappa shape index (κ3) is 4.05. The summed E-state index contributed by atoms with van der Waals surface area (Å²) in [5.74, 6) is -0.162. The van der Waals surface area contributed by atoms with E-state index in [0.717, 1.165) is 35.4 Å². The van der Waals surface area contributed by atoms with Gasteiger partial charge in [-0.3, -0.25) is 4.79 Å². The van der Waals surface area contributed by atoms with E-state index in [1.54, 1.807) is 6.07 Å². The number of carbonyl (C=O) groups is 1. The number of hydrogen-bond acceptors (Lipinski definition) is 3. The van der Waals surface area contributed by atoms with Crippen LogP contribution in [0.25, 0.3) is 0 Å². The molecule has 0 saturated heterocycles. The molecule has 0 saturated carbocycles. The second kappa shape index (κ2) is 8.42. The molecule has 0 spiro atoms. The van der Waals surface area contributed by atoms with Crippen molar-refractivity contribution < 1.29 is 9.18 Å². The minimum absolute atomic E-state index is 0. The van der Waals surface area contributed by atoms with Crippen molar-refractivity contribution in [1.29, 1.82) is 0 Å². The van der Waals surface area contributed by atoms with Gasteiger partial charge in [0.25, 0.3) is 0 Å². The highest BCUT2D eigenvalue weighted by molar-refractivity contribution is 8.00. The summed E-state index contributed by atoms with van der Waals surface area (Å²) in [6.45, 7) is 1.46. The monoisotopic (exact) mass is 392 g/mol. The molecule has 1 aliphatic heterocycles. The number of thioether (sulfide) groups is 1. The van der Waals surface area contributed by atoms with Crippen LogP contribution in [-0.4, -0.2) is 18.2 Å². The molecule has 2 N–H and O–H groups in total. The fourth-order valence-electron chi connectivity index (χ4n) is 3.60. The third-order valence-corrected chi connectivity index (χ3v) is 5.92. The lowest BCUT2D eigenvalue weighted by Crippen LogP contribution is -2.25. The van der Waals surface area contributed by atoms with E-state index in [2.05, 4.69) is 28.8 Å². The number of amides is 1. The largest absolute Gasteiger partial charge is 0.323 e. The van der Waals surface area contributed by atoms with E-state index < -0.39 is 0 Å². The predicted molar refractivity (Wildman–Crippen MR) is 107 cm³/mol. The maximum atomic E-state index is 14.6. The maximum Gasteiger partial charge on any atom is 0.234 e. The molecule has 1 heterocycles. The van der Waals surface area contributed by atoms with Crippen LogP contribution >= 0.6 is 24.2 Å². The fraction of sp³-hybridized carbons (Fsp3) is 0.350. The average Bonchev–Trinajstić information content (AvgIpc) is 3.10. The number of halogens is 2. The van der Waals surface area contributed by atoms with Crippen LogP contribution in [-0.2, 0) is 30.6 Å². The van der Waals surface area contributed by atoms with Crippen molar-refractivity contribution >= 4 is 35.8 Å². The highest BCUT2D eigenvalue weighted by atomic mass is 35.5. The molecule has 2 aromatic carbocycles. The zero-order valence-electron chi connectivity index (χ0n) is 14.4. The quantitative estimate of drug-likeness (QED) is 0.769. The van der Waals surface area contributed by atoms with Gasteiger partial charge in [-0.05, 0) is 72.7 Å². The number of anilines is 1. The molecule has 1 amide bonds. The van der Waals surface area contributed by atoms with E-state index in [-0.39, 0.29) is 29.9 Å². The normalized spacial score (nSPS) is 15.0. The minimum Gasteiger partial charge on any atom is -0.323 e. The molecular weight excluding hydrogens is 371 g/mol. The number of rotatable bonds is 4. The number of fused-ring (bicyclic) bond motifs is 2. The molecule has 0 unspecified atom stereocenters. The summed E-state index contributed by atoms with van der Waals surface area (Å²) in [5.41, 5.74) is 4.83. The molecule has 3 nitrogen and oxygen atoms in total. The number of benzene rings is 2. The van der Waals surface area contributed by atoms with E-state index >= 15 is 0 Å². The molecule has 0 atom stereocenters. The van der Waals surface area contributed by atoms with Crippen LogP contribution in [0, 0.1) is 5.82 Å². The summed E-state index contributed by atoms with van der Waals surface area (Å²) >= 11 is 1.50. The van der Waals surface area contributed by atoms with Gasteiger partial charge in [-0.15, -0.1) is 24.2 Å². The predicted octanol–water partition coefficient (Wildman–Crippen LogP) is 4.11. The van der Waals surface area contributed by atoms with E-state index in [9.17, 15) is 9.18 Å². The molecule has 0 radical (unpaired) electrons. The Balaban J connectivity index is 0.00000196. The first kappa shape index (κ1) is 19.2. The van der Waals surface area contributed by atoms with Gasteiger partial charge in [0.2, 0.25) is 5.91 Å². The van der Waals surface area contributed by atoms with Crippen molar-refractivity contribution in [2.75, 3.05) is 17.6 Å². The van der Waals surface area contributed by atoms with Crippen molar-refractivity contribution in [3.8, 4) is 0 Å². The second-order valence-corrected chi connectivity index (χ2v) is 7.66. The highest BCUT2D eigenvalue weighted by Crippen LogP contribution is 2.28. The molecule has 26 heavy (non-hydrogen) atoms. The molecule has 138 valence electrons. The number of aryl methyl sites for hydroxylation is 2. The Kier molecular flexibility index (Phi) is 6.22. The SMILES string of the molecule is Cl.O=C(CSc1ccc2c(c1)CCC2)Nc1ccc2c(c1F)CCNC2. The lowest BCUT2D eigenvalue weighted by Gasteiger charge is -2.19. The lowest BCUT2D eigenvalue weighted by molar-refractivity contribution is -0.113. The van der Waals surface area contributed by atoms with Crippen molar-refractivity contribution in [1.82, 2.24) is 5.32 Å². The van der Waals surface area contributed by atoms with Gasteiger partial charge in [0.15, 0.2) is 0 Å². The maximum absolute atomic E-state index is 14.6. The lowest BCUT2D eigenvalue weighted by atomic mass is 9.99. The molecule has 4 rings (SSSR count). The van der Waals surface area contributed by atoms with Gasteiger partial charge in [-0.1, -0.05) is 12.1 Å². The van der Waals surface area contributed by atoms with Crippen molar-refractivity contribution in [2.45, 2.75) is 37.1 Å². The van der Waals surface area contributed by atoms with Crippen LogP contribution in [0.3, 0.4) is 0 Å². The smallest absolute Gasteiger partial charge is 0.234 e. The van der Waals surface area contributed by atoms with E-state index in [1.165, 1.54) is 29.3 Å². The molecular formula is C20H22ClFN2OS. The Labute approximate surface area is 163 Å². The van der Waals surface area contributed by atoms with Crippen LogP contribution in [0.2, 0.25) is 0 Å². The zero-order valence-corrected chi connectivity index (χ0v) is 16.1. The van der Waals surface area contributed by atoms with Crippen molar-refractivity contribution in [3.05, 3.63) is 58.4 Å². The van der Waals surface area contributed by atoms with E-state index in [1.807, 2.05) is 6.07 Å². The van der Waals surface area contributed by atoms with Crippen LogP contribution in [0.1, 0.15) is 28.7 Å². The first-order chi connectivity index (χ1) is 12.2. The molecule has 2 aliphatic rings. The van der Waals surface area contributed by atoms with Crippen LogP contribution in [0.5, 0.6) is 0 Å². The highest BCUT2D eigenvalue weighted by Gasteiger charge is 2.18. The summed E-state index contributed by atoms with van der Waals surface area (Å²) in [4.78, 5) is 13.3. The van der Waals surface area contributed by atoms with Gasteiger partial charge in [-0.2, -0.15) is 0 Å². The van der Waals surface area contributed by atoms with Gasteiger partial charge >= 0.3 is 0 Å². The van der Waals surface area contributed by atoms with Gasteiger partial charge in [0.1, 0.15) is 5.82 Å². The van der Waals surface area contributed by atoms with Crippen molar-refractivity contribution in [2.24, 2.45) is 0 Å². The molecule has 0 aromatic heterocycles. The number of hydrogen-bond donors (Lipinski definition) is 2. The van der Waals surface area contributed by atoms with Crippen LogP contribution < -0.4 is 10.6 Å². The van der Waals surface area contributed by atoms with Gasteiger partial charge in [-0.25, -0.2) is 4.39 Å². The van der Waals surface area contributed by atoms with Gasteiger partial charge in [0.05, 0.1) is 11.4 Å². The summed E-state index contributed by atoms with van der Waals surface area (Å²) in [7, 11) is 0. The third-order valence-electron chi connectivity index (χ3n) is 4.92. The Hall–Kier alpha value is -1.56. The van der Waals surface area contributed by atoms with Gasteiger partial charge in [0, 0.05) is 11.4 Å². The Morgan fingerprint density at radius 1 is 1.12 bits per heavy atom. The minimum atomic E-state index is -0.283. The average molecular weight is 393 g/mol. The second-order valence-electron chi connectivity index (χ2n) is 6.61. The summed E-state index contributed by atoms with van der Waals surface area (Å²) in [6, 6.07) is 9.99. The first-order valence-corrected chi connectivity index (χ1v) is 9.75. The summed E-state index contributed by atoms with van der Waals surface area (Å²) in [6.07, 6.45) is 4.17. The zero-order chi connectivity index (χ0) is 17.2. The van der Waals surface area contributed by atoms with Gasteiger partial charge < -0.3 is 10.6 Å². The fourth-order valence-corrected chi connectivity index (χ4v) is 4.36. The number of nitrogens with one attached hydrogen (secondary N) is 2. The molecule has 1 aliphatic carbocycles. The standard InChI is InChI=1S/C20H21FN2OS.ClH/c21-20-17-8-9-22-11-15(17)5-7-18(20)23-19(24)12-25-16-6-4-13-2-1-3-14(13)10-16;/h4-7,10,22H,1-3,8-9,11-12H2,(H,23,24);1H. The van der Waals surface area contributed by atoms with Crippen molar-refractivity contribution in [3.63, 3.8) is 0 Å². The molecule has 0 fully saturated rings. The summed E-state index contributed by atoms with van der Waals surface area (Å²) in [5, 5.41) is 5.95. The molecule has 0 bridgehead atoms. The molecule has 2 aromatic rings.